The Bertz CT molecular complexity index is 146. The van der Waals surface area contributed by atoms with Gasteiger partial charge in [-0.05, 0) is 45.9 Å². The Morgan fingerprint density at radius 1 is 1.15 bits per heavy atom. The van der Waals surface area contributed by atoms with E-state index in [-0.39, 0.29) is 0 Å². The first-order valence-electron chi connectivity index (χ1n) is 5.50. The van der Waals surface area contributed by atoms with Crippen molar-refractivity contribution in [2.75, 3.05) is 33.2 Å². The second kappa shape index (κ2) is 4.40. The minimum atomic E-state index is 0.744. The van der Waals surface area contributed by atoms with Crippen LogP contribution in [0.25, 0.3) is 0 Å². The molecule has 2 aliphatic rings. The maximum absolute atomic E-state index is 3.75. The first-order chi connectivity index (χ1) is 6.34. The van der Waals surface area contributed by atoms with E-state index in [0.717, 1.165) is 12.1 Å². The monoisotopic (exact) mass is 183 g/mol. The summed E-state index contributed by atoms with van der Waals surface area (Å²) in [5, 5.41) is 7.15. The maximum Gasteiger partial charge on any atom is 0.0207 e. The van der Waals surface area contributed by atoms with Crippen LogP contribution in [-0.4, -0.2) is 50.2 Å². The van der Waals surface area contributed by atoms with Crippen LogP contribution in [0.2, 0.25) is 0 Å². The van der Waals surface area contributed by atoms with E-state index >= 15 is 0 Å². The standard InChI is InChI=1S/C10H21N3/c1-13-6-3-9(4-7-13)12-10-2-5-11-8-10/h9-12H,2-8H2,1H3/t10-/m0/s1. The van der Waals surface area contributed by atoms with E-state index in [0.29, 0.717) is 0 Å². The predicted molar refractivity (Wildman–Crippen MR) is 54.9 cm³/mol. The molecule has 0 unspecified atom stereocenters. The number of piperidine rings is 1. The van der Waals surface area contributed by atoms with Gasteiger partial charge in [-0.3, -0.25) is 0 Å². The van der Waals surface area contributed by atoms with Crippen molar-refractivity contribution in [2.24, 2.45) is 0 Å². The van der Waals surface area contributed by atoms with Crippen molar-refractivity contribution in [2.45, 2.75) is 31.3 Å². The third-order valence-electron chi connectivity index (χ3n) is 3.25. The minimum Gasteiger partial charge on any atom is -0.315 e. The maximum atomic E-state index is 3.75. The summed E-state index contributed by atoms with van der Waals surface area (Å²) in [5.41, 5.74) is 0. The third-order valence-corrected chi connectivity index (χ3v) is 3.25. The van der Waals surface area contributed by atoms with E-state index in [4.69, 9.17) is 0 Å². The van der Waals surface area contributed by atoms with Gasteiger partial charge in [0.1, 0.15) is 0 Å². The van der Waals surface area contributed by atoms with Crippen molar-refractivity contribution in [1.29, 1.82) is 0 Å². The molecule has 0 saturated carbocycles. The molecule has 2 fully saturated rings. The third kappa shape index (κ3) is 2.66. The molecule has 0 radical (unpaired) electrons. The van der Waals surface area contributed by atoms with Gasteiger partial charge in [-0.2, -0.15) is 0 Å². The number of likely N-dealkylation sites (tertiary alicyclic amines) is 1. The van der Waals surface area contributed by atoms with Gasteiger partial charge in [-0.1, -0.05) is 0 Å². The van der Waals surface area contributed by atoms with Gasteiger partial charge in [0.2, 0.25) is 0 Å². The number of hydrogen-bond acceptors (Lipinski definition) is 3. The summed E-state index contributed by atoms with van der Waals surface area (Å²) in [5.74, 6) is 0. The van der Waals surface area contributed by atoms with Crippen LogP contribution >= 0.6 is 0 Å². The molecule has 0 bridgehead atoms. The van der Waals surface area contributed by atoms with E-state index in [1.54, 1.807) is 0 Å². The van der Waals surface area contributed by atoms with Gasteiger partial charge in [-0.25, -0.2) is 0 Å². The van der Waals surface area contributed by atoms with Crippen LogP contribution in [0.15, 0.2) is 0 Å². The molecule has 2 N–H and O–H groups in total. The zero-order valence-corrected chi connectivity index (χ0v) is 8.55. The molecule has 2 aliphatic heterocycles. The lowest BCUT2D eigenvalue weighted by molar-refractivity contribution is 0.226. The van der Waals surface area contributed by atoms with E-state index in [9.17, 15) is 0 Å². The molecule has 2 heterocycles. The molecule has 0 spiro atoms. The fourth-order valence-electron chi connectivity index (χ4n) is 2.31. The molecule has 13 heavy (non-hydrogen) atoms. The molecule has 1 atom stereocenters. The number of hydrogen-bond donors (Lipinski definition) is 2. The molecule has 0 amide bonds. The second-order valence-electron chi connectivity index (χ2n) is 4.43. The fraction of sp³-hybridized carbons (Fsp3) is 1.00. The van der Waals surface area contributed by atoms with Crippen molar-refractivity contribution in [3.8, 4) is 0 Å². The predicted octanol–water partition coefficient (Wildman–Crippen LogP) is 0.0321. The molecule has 3 nitrogen and oxygen atoms in total. The van der Waals surface area contributed by atoms with Gasteiger partial charge in [-0.15, -0.1) is 0 Å². The van der Waals surface area contributed by atoms with Crippen molar-refractivity contribution >= 4 is 0 Å². The Kier molecular flexibility index (Phi) is 3.19. The highest BCUT2D eigenvalue weighted by Gasteiger charge is 2.21. The van der Waals surface area contributed by atoms with Crippen LogP contribution in [0.5, 0.6) is 0 Å². The molecule has 0 aromatic carbocycles. The second-order valence-corrected chi connectivity index (χ2v) is 4.43. The summed E-state index contributed by atoms with van der Waals surface area (Å²) < 4.78 is 0. The zero-order valence-electron chi connectivity index (χ0n) is 8.55. The summed E-state index contributed by atoms with van der Waals surface area (Å²) in [6.45, 7) is 4.90. The van der Waals surface area contributed by atoms with Gasteiger partial charge in [0.05, 0.1) is 0 Å². The molecule has 2 saturated heterocycles. The topological polar surface area (TPSA) is 27.3 Å². The Morgan fingerprint density at radius 3 is 2.54 bits per heavy atom. The summed E-state index contributed by atoms with van der Waals surface area (Å²) in [6.07, 6.45) is 3.96. The van der Waals surface area contributed by atoms with Crippen LogP contribution in [0.3, 0.4) is 0 Å². The van der Waals surface area contributed by atoms with Crippen molar-refractivity contribution < 1.29 is 0 Å². The highest BCUT2D eigenvalue weighted by molar-refractivity contribution is 4.83. The summed E-state index contributed by atoms with van der Waals surface area (Å²) in [7, 11) is 2.22. The van der Waals surface area contributed by atoms with Gasteiger partial charge in [0.25, 0.3) is 0 Å². The van der Waals surface area contributed by atoms with Crippen molar-refractivity contribution in [3.63, 3.8) is 0 Å². The fourth-order valence-corrected chi connectivity index (χ4v) is 2.31. The summed E-state index contributed by atoms with van der Waals surface area (Å²) in [4.78, 5) is 2.42. The smallest absolute Gasteiger partial charge is 0.0207 e. The minimum absolute atomic E-state index is 0.744. The Morgan fingerprint density at radius 2 is 1.92 bits per heavy atom. The van der Waals surface area contributed by atoms with Crippen LogP contribution in [-0.2, 0) is 0 Å². The lowest BCUT2D eigenvalue weighted by atomic mass is 10.0. The number of nitrogens with zero attached hydrogens (tertiary/aromatic N) is 1. The molecule has 0 aliphatic carbocycles. The molecular weight excluding hydrogens is 162 g/mol. The van der Waals surface area contributed by atoms with Crippen LogP contribution in [0.4, 0.5) is 0 Å². The first-order valence-corrected chi connectivity index (χ1v) is 5.50. The van der Waals surface area contributed by atoms with E-state index < -0.39 is 0 Å². The number of rotatable bonds is 2. The molecule has 2 rings (SSSR count). The molecule has 0 aromatic rings. The normalized spacial score (nSPS) is 32.5. The van der Waals surface area contributed by atoms with Crippen LogP contribution in [0, 0.1) is 0 Å². The Hall–Kier alpha value is -0.120. The van der Waals surface area contributed by atoms with Gasteiger partial charge < -0.3 is 15.5 Å². The molecular formula is C10H21N3. The van der Waals surface area contributed by atoms with Gasteiger partial charge in [0, 0.05) is 18.6 Å². The summed E-state index contributed by atoms with van der Waals surface area (Å²) >= 11 is 0. The number of nitrogens with one attached hydrogen (secondary N) is 2. The van der Waals surface area contributed by atoms with E-state index in [1.807, 2.05) is 0 Å². The zero-order chi connectivity index (χ0) is 9.10. The van der Waals surface area contributed by atoms with Crippen LogP contribution < -0.4 is 10.6 Å². The molecule has 76 valence electrons. The Labute approximate surface area is 80.9 Å². The van der Waals surface area contributed by atoms with Crippen molar-refractivity contribution in [1.82, 2.24) is 15.5 Å². The van der Waals surface area contributed by atoms with Gasteiger partial charge in [0.15, 0.2) is 0 Å². The molecule has 0 aromatic heterocycles. The quantitative estimate of drug-likeness (QED) is 0.632. The highest BCUT2D eigenvalue weighted by atomic mass is 15.1. The lowest BCUT2D eigenvalue weighted by Gasteiger charge is -2.31. The highest BCUT2D eigenvalue weighted by Crippen LogP contribution is 2.10. The SMILES string of the molecule is CN1CCC(N[C@H]2CCNC2)CC1. The average molecular weight is 183 g/mol. The first kappa shape index (κ1) is 9.44. The lowest BCUT2D eigenvalue weighted by Crippen LogP contribution is -2.45. The van der Waals surface area contributed by atoms with Crippen molar-refractivity contribution in [3.05, 3.63) is 0 Å². The Balaban J connectivity index is 1.69. The van der Waals surface area contributed by atoms with Crippen LogP contribution in [0.1, 0.15) is 19.3 Å². The largest absolute Gasteiger partial charge is 0.315 e. The summed E-state index contributed by atoms with van der Waals surface area (Å²) in [6, 6.07) is 1.52. The van der Waals surface area contributed by atoms with E-state index in [1.165, 1.54) is 45.4 Å². The average Bonchev–Trinajstić information content (AvgIpc) is 2.62. The molecule has 3 heteroatoms. The van der Waals surface area contributed by atoms with Gasteiger partial charge >= 0.3 is 0 Å². The van der Waals surface area contributed by atoms with E-state index in [2.05, 4.69) is 22.6 Å².